The summed E-state index contributed by atoms with van der Waals surface area (Å²) in [5, 5.41) is 10.4. The van der Waals surface area contributed by atoms with Crippen LogP contribution in [0.25, 0.3) is 12.2 Å². The molecule has 6 rings (SSSR count). The van der Waals surface area contributed by atoms with Crippen LogP contribution in [0.4, 0.5) is 0 Å². The minimum Gasteiger partial charge on any atom is -0.508 e. The maximum atomic E-state index is 13.1. The van der Waals surface area contributed by atoms with Gasteiger partial charge in [-0.3, -0.25) is 19.2 Å². The number of carbonyl (C=O) groups excluding carboxylic acids is 4. The third-order valence-corrected chi connectivity index (χ3v) is 8.78. The van der Waals surface area contributed by atoms with Crippen molar-refractivity contribution >= 4 is 35.7 Å². The van der Waals surface area contributed by atoms with E-state index in [4.69, 9.17) is 9.47 Å². The Hall–Kier alpha value is -6.86. The van der Waals surface area contributed by atoms with E-state index in [0.29, 0.717) is 44.7 Å². The lowest BCUT2D eigenvalue weighted by molar-refractivity contribution is -0.136. The predicted octanol–water partition coefficient (Wildman–Crippen LogP) is 9.44. The van der Waals surface area contributed by atoms with Crippen LogP contribution in [0.15, 0.2) is 152 Å². The van der Waals surface area contributed by atoms with Crippen molar-refractivity contribution in [2.24, 2.45) is 0 Å². The molecule has 6 aromatic rings. The molecule has 2 unspecified atom stereocenters. The zero-order valence-electron chi connectivity index (χ0n) is 29.1. The molecule has 262 valence electrons. The summed E-state index contributed by atoms with van der Waals surface area (Å²) in [7, 11) is 0. The van der Waals surface area contributed by atoms with Crippen LogP contribution in [0.3, 0.4) is 0 Å². The fraction of sp³-hybridized carbons (Fsp3) is 0.0870. The highest BCUT2D eigenvalue weighted by Gasteiger charge is 2.21. The summed E-state index contributed by atoms with van der Waals surface area (Å²) in [6.07, 6.45) is 3.56. The third kappa shape index (κ3) is 9.09. The molecule has 0 saturated carbocycles. The van der Waals surface area contributed by atoms with Gasteiger partial charge in [0.2, 0.25) is 0 Å². The van der Waals surface area contributed by atoms with Gasteiger partial charge in [-0.2, -0.15) is 0 Å². The highest BCUT2D eigenvalue weighted by molar-refractivity contribution is 6.09. The van der Waals surface area contributed by atoms with Crippen LogP contribution in [0.5, 0.6) is 17.2 Å². The third-order valence-electron chi connectivity index (χ3n) is 8.78. The Morgan fingerprint density at radius 2 is 0.925 bits per heavy atom. The van der Waals surface area contributed by atoms with Gasteiger partial charge in [-0.15, -0.1) is 0 Å². The second-order valence-electron chi connectivity index (χ2n) is 12.6. The van der Waals surface area contributed by atoms with Gasteiger partial charge < -0.3 is 14.6 Å². The standard InChI is InChI=1S/C46H36O7/c1-30(36-15-9-17-38(27-36)43(48)34-11-5-3-6-12-34)45(50)52-41-23-21-32(22-24-41)19-20-33-25-40(47)29-42(26-33)53-46(51)31(2)37-16-10-18-39(28-37)44(49)35-13-7-4-8-14-35/h3-31,47H,1-2H3. The Bertz CT molecular complexity index is 2290. The average molecular weight is 701 g/mol. The molecule has 0 aliphatic rings. The molecule has 0 bridgehead atoms. The fourth-order valence-corrected chi connectivity index (χ4v) is 5.69. The van der Waals surface area contributed by atoms with Gasteiger partial charge in [0.1, 0.15) is 17.2 Å². The molecule has 0 radical (unpaired) electrons. The number of esters is 2. The van der Waals surface area contributed by atoms with Crippen LogP contribution >= 0.6 is 0 Å². The van der Waals surface area contributed by atoms with Gasteiger partial charge in [0, 0.05) is 28.3 Å². The number of hydrogen-bond acceptors (Lipinski definition) is 7. The number of carbonyl (C=O) groups is 4. The molecule has 0 heterocycles. The molecule has 0 aliphatic carbocycles. The first-order chi connectivity index (χ1) is 25.6. The fourth-order valence-electron chi connectivity index (χ4n) is 5.69. The monoisotopic (exact) mass is 700 g/mol. The first kappa shape index (κ1) is 35.9. The van der Waals surface area contributed by atoms with Gasteiger partial charge in [0.05, 0.1) is 11.8 Å². The van der Waals surface area contributed by atoms with Crippen LogP contribution in [-0.4, -0.2) is 28.6 Å². The van der Waals surface area contributed by atoms with Crippen LogP contribution in [0, 0.1) is 0 Å². The minimum atomic E-state index is -0.676. The summed E-state index contributed by atoms with van der Waals surface area (Å²) in [6.45, 7) is 3.44. The summed E-state index contributed by atoms with van der Waals surface area (Å²) in [4.78, 5) is 52.0. The zero-order chi connectivity index (χ0) is 37.3. The van der Waals surface area contributed by atoms with Crippen LogP contribution in [0.1, 0.15) is 79.8 Å². The molecule has 0 fully saturated rings. The van der Waals surface area contributed by atoms with Crippen molar-refractivity contribution in [1.29, 1.82) is 0 Å². The summed E-state index contributed by atoms with van der Waals surface area (Å²) in [5.41, 5.74) is 4.79. The van der Waals surface area contributed by atoms with E-state index in [2.05, 4.69) is 0 Å². The van der Waals surface area contributed by atoms with Gasteiger partial charge in [-0.25, -0.2) is 0 Å². The SMILES string of the molecule is CC(C(=O)Oc1ccc(C=Cc2cc(O)cc(OC(=O)C(C)c3cccc(C(=O)c4ccccc4)c3)c2)cc1)c1cccc(C(=O)c2ccccc2)c1. The molecule has 7 nitrogen and oxygen atoms in total. The van der Waals surface area contributed by atoms with Crippen molar-refractivity contribution < 1.29 is 33.8 Å². The number of ether oxygens (including phenoxy) is 2. The van der Waals surface area contributed by atoms with Crippen LogP contribution in [0.2, 0.25) is 0 Å². The van der Waals surface area contributed by atoms with Crippen molar-refractivity contribution in [2.75, 3.05) is 0 Å². The second kappa shape index (κ2) is 16.4. The van der Waals surface area contributed by atoms with Crippen molar-refractivity contribution in [2.45, 2.75) is 25.7 Å². The summed E-state index contributed by atoms with van der Waals surface area (Å²) in [6, 6.07) is 43.3. The lowest BCUT2D eigenvalue weighted by Crippen LogP contribution is -2.16. The minimum absolute atomic E-state index is 0.0793. The Balaban J connectivity index is 1.06. The highest BCUT2D eigenvalue weighted by atomic mass is 16.5. The van der Waals surface area contributed by atoms with E-state index in [0.717, 1.165) is 5.56 Å². The topological polar surface area (TPSA) is 107 Å². The number of hydrogen-bond donors (Lipinski definition) is 1. The van der Waals surface area contributed by atoms with Crippen molar-refractivity contribution in [3.63, 3.8) is 0 Å². The molecule has 0 amide bonds. The predicted molar refractivity (Wildman–Crippen MR) is 204 cm³/mol. The zero-order valence-corrected chi connectivity index (χ0v) is 29.1. The number of phenolic OH excluding ortho intramolecular Hbond substituents is 1. The lowest BCUT2D eigenvalue weighted by atomic mass is 9.96. The van der Waals surface area contributed by atoms with E-state index in [9.17, 15) is 24.3 Å². The van der Waals surface area contributed by atoms with Gasteiger partial charge in [0.15, 0.2) is 11.6 Å². The maximum absolute atomic E-state index is 13.1. The Kier molecular flexibility index (Phi) is 11.2. The number of rotatable bonds is 12. The number of benzene rings is 6. The van der Waals surface area contributed by atoms with Gasteiger partial charge >= 0.3 is 11.9 Å². The summed E-state index contributed by atoms with van der Waals surface area (Å²) in [5.74, 6) is -2.08. The molecule has 0 spiro atoms. The smallest absolute Gasteiger partial charge is 0.318 e. The highest BCUT2D eigenvalue weighted by Crippen LogP contribution is 2.27. The molecule has 53 heavy (non-hydrogen) atoms. The Morgan fingerprint density at radius 3 is 1.43 bits per heavy atom. The number of aromatic hydroxyl groups is 1. The first-order valence-corrected chi connectivity index (χ1v) is 17.1. The van der Waals surface area contributed by atoms with Gasteiger partial charge in [-0.1, -0.05) is 121 Å². The average Bonchev–Trinajstić information content (AvgIpc) is 3.20. The van der Waals surface area contributed by atoms with E-state index in [-0.39, 0.29) is 23.1 Å². The van der Waals surface area contributed by atoms with Crippen molar-refractivity contribution in [3.8, 4) is 17.2 Å². The molecule has 2 atom stereocenters. The molecule has 1 N–H and O–H groups in total. The van der Waals surface area contributed by atoms with Crippen molar-refractivity contribution in [3.05, 3.63) is 196 Å². The second-order valence-corrected chi connectivity index (χ2v) is 12.6. The quantitative estimate of drug-likeness (QED) is 0.0587. The Labute approximate surface area is 307 Å². The molecule has 7 heteroatoms. The van der Waals surface area contributed by atoms with Gasteiger partial charge in [-0.05, 0) is 72.5 Å². The lowest BCUT2D eigenvalue weighted by Gasteiger charge is -2.13. The molecule has 6 aromatic carbocycles. The molecular formula is C46H36O7. The number of phenols is 1. The largest absolute Gasteiger partial charge is 0.508 e. The van der Waals surface area contributed by atoms with E-state index < -0.39 is 23.8 Å². The molecule has 0 saturated heterocycles. The van der Waals surface area contributed by atoms with Crippen molar-refractivity contribution in [1.82, 2.24) is 0 Å². The van der Waals surface area contributed by atoms with E-state index in [1.54, 1.807) is 135 Å². The molecule has 0 aromatic heterocycles. The molecule has 0 aliphatic heterocycles. The van der Waals surface area contributed by atoms with Crippen LogP contribution in [-0.2, 0) is 9.59 Å². The normalized spacial score (nSPS) is 12.1. The van der Waals surface area contributed by atoms with E-state index in [1.165, 1.54) is 12.1 Å². The first-order valence-electron chi connectivity index (χ1n) is 17.1. The molecular weight excluding hydrogens is 664 g/mol. The Morgan fingerprint density at radius 1 is 0.472 bits per heavy atom. The van der Waals surface area contributed by atoms with Crippen LogP contribution < -0.4 is 9.47 Å². The van der Waals surface area contributed by atoms with Gasteiger partial charge in [0.25, 0.3) is 0 Å². The maximum Gasteiger partial charge on any atom is 0.318 e. The summed E-state index contributed by atoms with van der Waals surface area (Å²) >= 11 is 0. The number of ketones is 2. The summed E-state index contributed by atoms with van der Waals surface area (Å²) < 4.78 is 11.3. The van der Waals surface area contributed by atoms with E-state index in [1.807, 2.05) is 30.3 Å². The van der Waals surface area contributed by atoms with E-state index >= 15 is 0 Å².